The Bertz CT molecular complexity index is 425. The van der Waals surface area contributed by atoms with Crippen LogP contribution in [-0.4, -0.2) is 6.04 Å². The quantitative estimate of drug-likeness (QED) is 0.826. The summed E-state index contributed by atoms with van der Waals surface area (Å²) in [4.78, 5) is 0. The molecular formula is C17H24N2. The molecule has 2 heteroatoms. The van der Waals surface area contributed by atoms with Crippen LogP contribution in [0.15, 0.2) is 24.3 Å². The molecule has 0 heterocycles. The first-order chi connectivity index (χ1) is 9.31. The fourth-order valence-corrected chi connectivity index (χ4v) is 3.03. The van der Waals surface area contributed by atoms with Crippen molar-refractivity contribution in [1.82, 2.24) is 5.32 Å². The molecule has 19 heavy (non-hydrogen) atoms. The van der Waals surface area contributed by atoms with Crippen molar-refractivity contribution >= 4 is 0 Å². The standard InChI is InChI=1S/C17H24N2/c1-14(15-8-4-2-3-5-9-15)19-13-17-11-7-6-10-16(17)12-18/h6-7,10-11,14-15,19H,2-5,8-9,13H2,1H3/t14-/m0/s1. The maximum Gasteiger partial charge on any atom is 0.0995 e. The zero-order valence-corrected chi connectivity index (χ0v) is 11.9. The molecule has 1 N–H and O–H groups in total. The number of nitrogens with one attached hydrogen (secondary N) is 1. The van der Waals surface area contributed by atoms with Crippen LogP contribution in [0.5, 0.6) is 0 Å². The van der Waals surface area contributed by atoms with Crippen molar-refractivity contribution in [3.05, 3.63) is 35.4 Å². The number of benzene rings is 1. The van der Waals surface area contributed by atoms with Crippen molar-refractivity contribution in [2.24, 2.45) is 5.92 Å². The lowest BCUT2D eigenvalue weighted by atomic mass is 9.93. The number of nitriles is 1. The first-order valence-corrected chi connectivity index (χ1v) is 7.52. The third-order valence-corrected chi connectivity index (χ3v) is 4.36. The molecule has 0 spiro atoms. The highest BCUT2D eigenvalue weighted by atomic mass is 14.9. The highest BCUT2D eigenvalue weighted by Gasteiger charge is 2.18. The third-order valence-electron chi connectivity index (χ3n) is 4.36. The van der Waals surface area contributed by atoms with Gasteiger partial charge in [0.1, 0.15) is 0 Å². The second kappa shape index (κ2) is 7.31. The van der Waals surface area contributed by atoms with E-state index in [2.05, 4.69) is 18.3 Å². The number of rotatable bonds is 4. The molecule has 0 radical (unpaired) electrons. The topological polar surface area (TPSA) is 35.8 Å². The van der Waals surface area contributed by atoms with Gasteiger partial charge >= 0.3 is 0 Å². The monoisotopic (exact) mass is 256 g/mol. The van der Waals surface area contributed by atoms with Gasteiger partial charge in [0.2, 0.25) is 0 Å². The summed E-state index contributed by atoms with van der Waals surface area (Å²) in [6, 6.07) is 10.7. The molecule has 1 aliphatic rings. The van der Waals surface area contributed by atoms with Gasteiger partial charge in [-0.2, -0.15) is 5.26 Å². The summed E-state index contributed by atoms with van der Waals surface area (Å²) < 4.78 is 0. The maximum atomic E-state index is 9.09. The molecule has 0 bridgehead atoms. The van der Waals surface area contributed by atoms with Crippen molar-refractivity contribution in [3.8, 4) is 6.07 Å². The Balaban J connectivity index is 1.89. The fourth-order valence-electron chi connectivity index (χ4n) is 3.03. The molecule has 0 saturated heterocycles. The van der Waals surface area contributed by atoms with Crippen molar-refractivity contribution in [1.29, 1.82) is 5.26 Å². The molecule has 0 aliphatic heterocycles. The summed E-state index contributed by atoms with van der Waals surface area (Å²) in [6.45, 7) is 3.10. The van der Waals surface area contributed by atoms with Crippen molar-refractivity contribution < 1.29 is 0 Å². The van der Waals surface area contributed by atoms with Gasteiger partial charge in [0.25, 0.3) is 0 Å². The Morgan fingerprint density at radius 2 is 1.89 bits per heavy atom. The summed E-state index contributed by atoms with van der Waals surface area (Å²) in [5.41, 5.74) is 1.91. The highest BCUT2D eigenvalue weighted by molar-refractivity contribution is 5.37. The van der Waals surface area contributed by atoms with Gasteiger partial charge < -0.3 is 5.32 Å². The van der Waals surface area contributed by atoms with Crippen LogP contribution in [0, 0.1) is 17.2 Å². The zero-order valence-electron chi connectivity index (χ0n) is 11.9. The van der Waals surface area contributed by atoms with Crippen LogP contribution in [0.4, 0.5) is 0 Å². The molecule has 1 fully saturated rings. The van der Waals surface area contributed by atoms with Gasteiger partial charge in [-0.15, -0.1) is 0 Å². The van der Waals surface area contributed by atoms with Gasteiger partial charge in [0, 0.05) is 12.6 Å². The summed E-state index contributed by atoms with van der Waals surface area (Å²) in [7, 11) is 0. The molecule has 0 aromatic heterocycles. The summed E-state index contributed by atoms with van der Waals surface area (Å²) >= 11 is 0. The summed E-state index contributed by atoms with van der Waals surface area (Å²) in [6.07, 6.45) is 8.28. The van der Waals surface area contributed by atoms with E-state index in [0.29, 0.717) is 6.04 Å². The molecule has 1 atom stereocenters. The van der Waals surface area contributed by atoms with Gasteiger partial charge in [0.15, 0.2) is 0 Å². The Labute approximate surface area is 116 Å². The SMILES string of the molecule is C[C@H](NCc1ccccc1C#N)C1CCCCCC1. The molecule has 0 amide bonds. The van der Waals surface area contributed by atoms with E-state index in [1.807, 2.05) is 24.3 Å². The first-order valence-electron chi connectivity index (χ1n) is 7.52. The largest absolute Gasteiger partial charge is 0.310 e. The lowest BCUT2D eigenvalue weighted by Crippen LogP contribution is -2.33. The van der Waals surface area contributed by atoms with Gasteiger partial charge in [-0.1, -0.05) is 43.9 Å². The molecule has 0 unspecified atom stereocenters. The fraction of sp³-hybridized carbons (Fsp3) is 0.588. The molecule has 1 aromatic rings. The van der Waals surface area contributed by atoms with Crippen molar-refractivity contribution in [2.45, 2.75) is 58.0 Å². The summed E-state index contributed by atoms with van der Waals surface area (Å²) in [5, 5.41) is 12.7. The Kier molecular flexibility index (Phi) is 5.42. The molecule has 1 aromatic carbocycles. The normalized spacial score (nSPS) is 18.5. The number of nitrogens with zero attached hydrogens (tertiary/aromatic N) is 1. The second-order valence-corrected chi connectivity index (χ2v) is 5.69. The minimum atomic E-state index is 0.546. The Hall–Kier alpha value is -1.33. The maximum absolute atomic E-state index is 9.09. The first kappa shape index (κ1) is 14.1. The van der Waals surface area contributed by atoms with Crippen LogP contribution >= 0.6 is 0 Å². The second-order valence-electron chi connectivity index (χ2n) is 5.69. The van der Waals surface area contributed by atoms with E-state index in [9.17, 15) is 0 Å². The van der Waals surface area contributed by atoms with Crippen LogP contribution < -0.4 is 5.32 Å². The van der Waals surface area contributed by atoms with Gasteiger partial charge in [-0.3, -0.25) is 0 Å². The van der Waals surface area contributed by atoms with Gasteiger partial charge in [-0.05, 0) is 37.3 Å². The van der Waals surface area contributed by atoms with Crippen LogP contribution in [0.25, 0.3) is 0 Å². The smallest absolute Gasteiger partial charge is 0.0995 e. The lowest BCUT2D eigenvalue weighted by molar-refractivity contribution is 0.336. The highest BCUT2D eigenvalue weighted by Crippen LogP contribution is 2.25. The van der Waals surface area contributed by atoms with E-state index in [-0.39, 0.29) is 0 Å². The molecule has 2 rings (SSSR count). The molecule has 1 aliphatic carbocycles. The van der Waals surface area contributed by atoms with Crippen LogP contribution in [0.1, 0.15) is 56.6 Å². The van der Waals surface area contributed by atoms with E-state index < -0.39 is 0 Å². The van der Waals surface area contributed by atoms with E-state index in [1.54, 1.807) is 0 Å². The predicted octanol–water partition coefficient (Wildman–Crippen LogP) is 4.01. The Morgan fingerprint density at radius 1 is 1.21 bits per heavy atom. The molecular weight excluding hydrogens is 232 g/mol. The van der Waals surface area contributed by atoms with Crippen LogP contribution in [-0.2, 0) is 6.54 Å². The molecule has 102 valence electrons. The van der Waals surface area contributed by atoms with Gasteiger partial charge in [0.05, 0.1) is 11.6 Å². The van der Waals surface area contributed by atoms with E-state index >= 15 is 0 Å². The van der Waals surface area contributed by atoms with Crippen LogP contribution in [0.3, 0.4) is 0 Å². The molecule has 2 nitrogen and oxygen atoms in total. The number of hydrogen-bond acceptors (Lipinski definition) is 2. The summed E-state index contributed by atoms with van der Waals surface area (Å²) in [5.74, 6) is 0.803. The third kappa shape index (κ3) is 4.08. The van der Waals surface area contributed by atoms with E-state index in [1.165, 1.54) is 38.5 Å². The van der Waals surface area contributed by atoms with Crippen molar-refractivity contribution in [2.75, 3.05) is 0 Å². The van der Waals surface area contributed by atoms with Crippen molar-refractivity contribution in [3.63, 3.8) is 0 Å². The average Bonchev–Trinajstić information content (AvgIpc) is 2.74. The van der Waals surface area contributed by atoms with Crippen LogP contribution in [0.2, 0.25) is 0 Å². The van der Waals surface area contributed by atoms with Gasteiger partial charge in [-0.25, -0.2) is 0 Å². The average molecular weight is 256 g/mol. The minimum Gasteiger partial charge on any atom is -0.310 e. The van der Waals surface area contributed by atoms with E-state index in [0.717, 1.165) is 23.6 Å². The minimum absolute atomic E-state index is 0.546. The Morgan fingerprint density at radius 3 is 2.58 bits per heavy atom. The number of hydrogen-bond donors (Lipinski definition) is 1. The zero-order chi connectivity index (χ0) is 13.5. The molecule has 1 saturated carbocycles. The van der Waals surface area contributed by atoms with E-state index in [4.69, 9.17) is 5.26 Å². The lowest BCUT2D eigenvalue weighted by Gasteiger charge is -2.24. The predicted molar refractivity (Wildman–Crippen MR) is 78.7 cm³/mol.